The van der Waals surface area contributed by atoms with Crippen molar-refractivity contribution in [3.63, 3.8) is 0 Å². The largest absolute Gasteiger partial charge is 0.491 e. The predicted octanol–water partition coefficient (Wildman–Crippen LogP) is 2.69. The van der Waals surface area contributed by atoms with E-state index in [2.05, 4.69) is 4.98 Å². The molecule has 0 aliphatic rings. The SMILES string of the molecule is OCCOc1ccc(OCc2ccc(Cl)cn2)cc1. The van der Waals surface area contributed by atoms with E-state index in [0.717, 1.165) is 11.4 Å². The summed E-state index contributed by atoms with van der Waals surface area (Å²) >= 11 is 5.75. The first-order valence-electron chi connectivity index (χ1n) is 5.85. The maximum Gasteiger partial charge on any atom is 0.130 e. The average Bonchev–Trinajstić information content (AvgIpc) is 2.46. The van der Waals surface area contributed by atoms with Gasteiger partial charge >= 0.3 is 0 Å². The zero-order valence-corrected chi connectivity index (χ0v) is 11.0. The molecule has 1 aromatic heterocycles. The molecule has 0 spiro atoms. The van der Waals surface area contributed by atoms with Gasteiger partial charge in [0.15, 0.2) is 0 Å². The maximum atomic E-state index is 8.65. The van der Waals surface area contributed by atoms with Crippen LogP contribution in [0.25, 0.3) is 0 Å². The molecule has 19 heavy (non-hydrogen) atoms. The average molecular weight is 280 g/mol. The Morgan fingerprint density at radius 1 is 1.00 bits per heavy atom. The summed E-state index contributed by atoms with van der Waals surface area (Å²) in [6.45, 7) is 0.670. The lowest BCUT2D eigenvalue weighted by atomic mass is 10.3. The predicted molar refractivity (Wildman–Crippen MR) is 72.6 cm³/mol. The van der Waals surface area contributed by atoms with Crippen LogP contribution in [0.15, 0.2) is 42.6 Å². The van der Waals surface area contributed by atoms with Crippen molar-refractivity contribution in [2.75, 3.05) is 13.2 Å². The van der Waals surface area contributed by atoms with E-state index in [0.29, 0.717) is 17.4 Å². The number of aliphatic hydroxyl groups is 1. The third-order valence-electron chi connectivity index (χ3n) is 2.36. The molecule has 2 rings (SSSR count). The van der Waals surface area contributed by atoms with E-state index >= 15 is 0 Å². The molecule has 0 saturated carbocycles. The van der Waals surface area contributed by atoms with Crippen LogP contribution in [0.5, 0.6) is 11.5 Å². The molecule has 100 valence electrons. The molecule has 0 amide bonds. The molecule has 0 saturated heterocycles. The van der Waals surface area contributed by atoms with Crippen molar-refractivity contribution in [1.82, 2.24) is 4.98 Å². The van der Waals surface area contributed by atoms with Gasteiger partial charge in [0.25, 0.3) is 0 Å². The van der Waals surface area contributed by atoms with Crippen LogP contribution in [0, 0.1) is 0 Å². The van der Waals surface area contributed by atoms with Crippen LogP contribution < -0.4 is 9.47 Å². The third kappa shape index (κ3) is 4.43. The molecule has 0 unspecified atom stereocenters. The highest BCUT2D eigenvalue weighted by Crippen LogP contribution is 2.18. The molecule has 0 aliphatic heterocycles. The van der Waals surface area contributed by atoms with Crippen molar-refractivity contribution in [3.8, 4) is 11.5 Å². The first kappa shape index (κ1) is 13.6. The highest BCUT2D eigenvalue weighted by Gasteiger charge is 1.99. The number of aromatic nitrogens is 1. The van der Waals surface area contributed by atoms with Crippen molar-refractivity contribution in [2.24, 2.45) is 0 Å². The van der Waals surface area contributed by atoms with Crippen LogP contribution in [0.3, 0.4) is 0 Å². The Labute approximate surface area is 116 Å². The molecule has 2 aromatic rings. The summed E-state index contributed by atoms with van der Waals surface area (Å²) in [5.41, 5.74) is 0.810. The minimum absolute atomic E-state index is 0.000484. The standard InChI is InChI=1S/C14H14ClNO3/c15-11-1-2-12(16-9-11)10-19-14-5-3-13(4-6-14)18-8-7-17/h1-6,9,17H,7-8,10H2. The Balaban J connectivity index is 1.87. The molecular weight excluding hydrogens is 266 g/mol. The van der Waals surface area contributed by atoms with Gasteiger partial charge in [-0.05, 0) is 36.4 Å². The van der Waals surface area contributed by atoms with Crippen LogP contribution >= 0.6 is 11.6 Å². The molecule has 0 atom stereocenters. The lowest BCUT2D eigenvalue weighted by molar-refractivity contribution is 0.201. The van der Waals surface area contributed by atoms with Gasteiger partial charge in [-0.25, -0.2) is 0 Å². The van der Waals surface area contributed by atoms with Crippen LogP contribution in [0.4, 0.5) is 0 Å². The normalized spacial score (nSPS) is 10.2. The number of benzene rings is 1. The highest BCUT2D eigenvalue weighted by atomic mass is 35.5. The molecule has 0 radical (unpaired) electrons. The summed E-state index contributed by atoms with van der Waals surface area (Å²) in [5, 5.41) is 9.25. The number of ether oxygens (including phenoxy) is 2. The van der Waals surface area contributed by atoms with Gasteiger partial charge in [-0.2, -0.15) is 0 Å². The summed E-state index contributed by atoms with van der Waals surface area (Å²) in [5.74, 6) is 1.43. The number of hydrogen-bond donors (Lipinski definition) is 1. The van der Waals surface area contributed by atoms with E-state index in [1.807, 2.05) is 18.2 Å². The van der Waals surface area contributed by atoms with Crippen LogP contribution in [-0.2, 0) is 6.61 Å². The number of nitrogens with zero attached hydrogens (tertiary/aromatic N) is 1. The minimum Gasteiger partial charge on any atom is -0.491 e. The molecule has 0 fully saturated rings. The second-order valence-corrected chi connectivity index (χ2v) is 4.24. The minimum atomic E-state index is 0.000484. The smallest absolute Gasteiger partial charge is 0.130 e. The van der Waals surface area contributed by atoms with E-state index < -0.39 is 0 Å². The van der Waals surface area contributed by atoms with E-state index in [4.69, 9.17) is 26.2 Å². The van der Waals surface area contributed by atoms with Gasteiger partial charge in [-0.3, -0.25) is 4.98 Å². The Bertz CT molecular complexity index is 499. The van der Waals surface area contributed by atoms with Gasteiger partial charge < -0.3 is 14.6 Å². The Morgan fingerprint density at radius 3 is 2.26 bits per heavy atom. The fraction of sp³-hybridized carbons (Fsp3) is 0.214. The zero-order chi connectivity index (χ0) is 13.5. The first-order valence-corrected chi connectivity index (χ1v) is 6.22. The van der Waals surface area contributed by atoms with Crippen LogP contribution in [-0.4, -0.2) is 23.3 Å². The van der Waals surface area contributed by atoms with Crippen molar-refractivity contribution in [2.45, 2.75) is 6.61 Å². The summed E-state index contributed by atoms with van der Waals surface area (Å²) in [6.07, 6.45) is 1.59. The Morgan fingerprint density at radius 2 is 1.68 bits per heavy atom. The zero-order valence-electron chi connectivity index (χ0n) is 10.3. The third-order valence-corrected chi connectivity index (χ3v) is 2.58. The Hall–Kier alpha value is -1.78. The monoisotopic (exact) mass is 279 g/mol. The van der Waals surface area contributed by atoms with Crippen molar-refractivity contribution >= 4 is 11.6 Å². The topological polar surface area (TPSA) is 51.6 Å². The van der Waals surface area contributed by atoms with Gasteiger partial charge in [-0.15, -0.1) is 0 Å². The fourth-order valence-electron chi connectivity index (χ4n) is 1.44. The molecule has 0 aliphatic carbocycles. The molecule has 5 heteroatoms. The van der Waals surface area contributed by atoms with Crippen LogP contribution in [0.1, 0.15) is 5.69 Å². The fourth-order valence-corrected chi connectivity index (χ4v) is 1.56. The highest BCUT2D eigenvalue weighted by molar-refractivity contribution is 6.30. The van der Waals surface area contributed by atoms with E-state index in [9.17, 15) is 0 Å². The lowest BCUT2D eigenvalue weighted by Crippen LogP contribution is -2.01. The van der Waals surface area contributed by atoms with Crippen molar-refractivity contribution in [3.05, 3.63) is 53.3 Å². The Kier molecular flexibility index (Phi) is 5.01. The number of hydrogen-bond acceptors (Lipinski definition) is 4. The van der Waals surface area contributed by atoms with E-state index in [1.54, 1.807) is 24.4 Å². The van der Waals surface area contributed by atoms with Crippen LogP contribution in [0.2, 0.25) is 5.02 Å². The summed E-state index contributed by atoms with van der Waals surface area (Å²) in [4.78, 5) is 4.14. The number of halogens is 1. The first-order chi connectivity index (χ1) is 9.28. The van der Waals surface area contributed by atoms with E-state index in [-0.39, 0.29) is 13.2 Å². The summed E-state index contributed by atoms with van der Waals surface area (Å²) < 4.78 is 10.8. The number of rotatable bonds is 6. The van der Waals surface area contributed by atoms with Gasteiger partial charge in [0.05, 0.1) is 17.3 Å². The van der Waals surface area contributed by atoms with Gasteiger partial charge in [0.1, 0.15) is 24.7 Å². The molecule has 1 aromatic carbocycles. The molecule has 4 nitrogen and oxygen atoms in total. The molecule has 1 heterocycles. The summed E-state index contributed by atoms with van der Waals surface area (Å²) in [6, 6.07) is 10.8. The van der Waals surface area contributed by atoms with Gasteiger partial charge in [0.2, 0.25) is 0 Å². The van der Waals surface area contributed by atoms with Crippen molar-refractivity contribution < 1.29 is 14.6 Å². The number of aliphatic hydroxyl groups excluding tert-OH is 1. The second-order valence-electron chi connectivity index (χ2n) is 3.80. The molecule has 1 N–H and O–H groups in total. The van der Waals surface area contributed by atoms with Gasteiger partial charge in [0, 0.05) is 6.20 Å². The van der Waals surface area contributed by atoms with E-state index in [1.165, 1.54) is 0 Å². The molecular formula is C14H14ClNO3. The number of pyridine rings is 1. The summed E-state index contributed by atoms with van der Waals surface area (Å²) in [7, 11) is 0. The second kappa shape index (κ2) is 6.97. The molecule has 0 bridgehead atoms. The van der Waals surface area contributed by atoms with Crippen molar-refractivity contribution in [1.29, 1.82) is 0 Å². The maximum absolute atomic E-state index is 8.65. The van der Waals surface area contributed by atoms with Gasteiger partial charge in [-0.1, -0.05) is 11.6 Å². The quantitative estimate of drug-likeness (QED) is 0.883. The lowest BCUT2D eigenvalue weighted by Gasteiger charge is -2.07.